The molecular weight excluding hydrogens is 1050 g/mol. The van der Waals surface area contributed by atoms with E-state index >= 15 is 0 Å². The summed E-state index contributed by atoms with van der Waals surface area (Å²) in [7, 11) is -5.15. The average Bonchev–Trinajstić information content (AvgIpc) is 3.36. The summed E-state index contributed by atoms with van der Waals surface area (Å²) >= 11 is 0. The second kappa shape index (κ2) is 32.9. The van der Waals surface area contributed by atoms with Crippen LogP contribution in [0.15, 0.2) is 12.2 Å². The summed E-state index contributed by atoms with van der Waals surface area (Å²) in [6, 6.07) is -6.58. The number of nitrogens with one attached hydrogen (secondary N) is 4. The standard InChI is InChI=1S/C48H84N4O24S/c1-5-6-7-8-9-10-11-12-13-14-15-16-17-18-19-20-32(59)52-34-38(61)37(60)28(21-53)71-46(34)74-42-29(22-54)72-47(35(40(42)63)50-26(3)57)75-43-30(23-55)73-48(36(41(43)64)51-27(4)58)76-44-31(24-69-77(66,67)68)70-45(65)33(39(44)62)49-25(2)56/h12-13,28-31,33-48,53-55,60-65H,5-11,14-24H2,1-4H3,(H,49,56)(H,50,57)(H,51,58)(H,52,59)(H,66,67,68)/b13-12-/t28-,29-,30-,31-,33-,34+,35-,36+,37-,38?,39?,40?,41?,42-,43-,44-,45?,46+,47+,48+/m1/s1. The van der Waals surface area contributed by atoms with Crippen molar-refractivity contribution >= 4 is 34.0 Å². The van der Waals surface area contributed by atoms with Gasteiger partial charge in [0.1, 0.15) is 97.4 Å². The van der Waals surface area contributed by atoms with Gasteiger partial charge >= 0.3 is 10.4 Å². The second-order valence-electron chi connectivity index (χ2n) is 19.8. The number of amides is 4. The lowest BCUT2D eigenvalue weighted by Gasteiger charge is -2.51. The highest BCUT2D eigenvalue weighted by molar-refractivity contribution is 7.80. The van der Waals surface area contributed by atoms with Gasteiger partial charge in [0.05, 0.1) is 26.4 Å². The molecule has 4 amide bonds. The number of hydrogen-bond acceptors (Lipinski definition) is 23. The first kappa shape index (κ1) is 66.4. The SMILES string of the molecule is CCCCCCCC/C=C\CCCCCCCC(=O)N[C@H]1C(O)[C@H](O)[C@@H](CO)O[C@H]1O[C@H]1C(O)[C@@H](NC(C)=O)[C@H](O[C@H]2C(O)[C@H](NC(C)=O)[C@H](O[C@H]3C(O)[C@@H](NC(C)=O)C(O)O[C@@H]3COS(=O)(=O)O)O[C@@H]2CO)O[C@@H]1CO. The summed E-state index contributed by atoms with van der Waals surface area (Å²) in [5.74, 6) is -2.91. The molecule has 4 saturated heterocycles. The molecule has 0 bridgehead atoms. The van der Waals surface area contributed by atoms with Gasteiger partial charge in [-0.15, -0.1) is 0 Å². The largest absolute Gasteiger partial charge is 0.397 e. The van der Waals surface area contributed by atoms with Crippen molar-refractivity contribution in [2.45, 2.75) is 240 Å². The van der Waals surface area contributed by atoms with Gasteiger partial charge in [-0.1, -0.05) is 70.4 Å². The van der Waals surface area contributed by atoms with Crippen molar-refractivity contribution in [2.24, 2.45) is 0 Å². The Bertz CT molecular complexity index is 1940. The Labute approximate surface area is 448 Å². The first-order valence-electron chi connectivity index (χ1n) is 26.4. The molecule has 0 radical (unpaired) electrons. The van der Waals surface area contributed by atoms with Gasteiger partial charge in [0.15, 0.2) is 25.2 Å². The Morgan fingerprint density at radius 3 is 1.32 bits per heavy atom. The number of ether oxygens (including phenoxy) is 7. The summed E-state index contributed by atoms with van der Waals surface area (Å²) in [6.45, 7) is 1.42. The van der Waals surface area contributed by atoms with Gasteiger partial charge in [0.2, 0.25) is 23.6 Å². The Morgan fingerprint density at radius 1 is 0.494 bits per heavy atom. The van der Waals surface area contributed by atoms with Crippen LogP contribution in [0.2, 0.25) is 0 Å². The molecule has 28 nitrogen and oxygen atoms in total. The van der Waals surface area contributed by atoms with E-state index in [1.807, 2.05) is 0 Å². The second-order valence-corrected chi connectivity index (χ2v) is 20.9. The zero-order valence-corrected chi connectivity index (χ0v) is 44.8. The van der Waals surface area contributed by atoms with Crippen molar-refractivity contribution in [1.82, 2.24) is 21.3 Å². The molecule has 20 atom stereocenters. The summed E-state index contributed by atoms with van der Waals surface area (Å²) in [4.78, 5) is 50.5. The molecule has 0 aromatic carbocycles. The number of aliphatic hydroxyl groups is 9. The van der Waals surface area contributed by atoms with E-state index in [0.717, 1.165) is 59.3 Å². The lowest BCUT2D eigenvalue weighted by Crippen LogP contribution is -2.71. The fourth-order valence-corrected chi connectivity index (χ4v) is 10.00. The molecule has 4 aliphatic heterocycles. The third kappa shape index (κ3) is 20.4. The van der Waals surface area contributed by atoms with Gasteiger partial charge in [-0.3, -0.25) is 23.7 Å². The summed E-state index contributed by atoms with van der Waals surface area (Å²) in [5.41, 5.74) is 0. The number of aliphatic hydroxyl groups excluding tert-OH is 9. The van der Waals surface area contributed by atoms with Gasteiger partial charge in [0, 0.05) is 27.2 Å². The molecular formula is C48H84N4O24S. The zero-order chi connectivity index (χ0) is 57.0. The van der Waals surface area contributed by atoms with Crippen LogP contribution in [0, 0.1) is 0 Å². The highest BCUT2D eigenvalue weighted by atomic mass is 32.3. The van der Waals surface area contributed by atoms with Crippen molar-refractivity contribution in [3.63, 3.8) is 0 Å². The minimum Gasteiger partial charge on any atom is -0.394 e. The molecule has 0 aliphatic carbocycles. The van der Waals surface area contributed by atoms with E-state index in [1.165, 1.54) is 38.5 Å². The number of carbonyl (C=O) groups excluding carboxylic acids is 4. The molecule has 0 saturated carbocycles. The molecule has 4 heterocycles. The van der Waals surface area contributed by atoms with Gasteiger partial charge in [-0.2, -0.15) is 8.42 Å². The maximum Gasteiger partial charge on any atom is 0.397 e. The monoisotopic (exact) mass is 1130 g/mol. The lowest BCUT2D eigenvalue weighted by molar-refractivity contribution is -0.361. The third-order valence-electron chi connectivity index (χ3n) is 13.6. The van der Waals surface area contributed by atoms with Crippen molar-refractivity contribution in [2.75, 3.05) is 26.4 Å². The first-order chi connectivity index (χ1) is 36.5. The molecule has 446 valence electrons. The Hall–Kier alpha value is -3.15. The molecule has 29 heteroatoms. The maximum atomic E-state index is 13.3. The average molecular weight is 1130 g/mol. The van der Waals surface area contributed by atoms with Crippen LogP contribution in [-0.4, -0.2) is 232 Å². The Kier molecular flexibility index (Phi) is 28.4. The van der Waals surface area contributed by atoms with E-state index in [4.69, 9.17) is 33.2 Å². The molecule has 0 aromatic heterocycles. The normalized spacial score (nSPS) is 35.8. The molecule has 4 rings (SSSR count). The van der Waals surface area contributed by atoms with E-state index < -0.39 is 183 Å². The van der Waals surface area contributed by atoms with Crippen LogP contribution >= 0.6 is 0 Å². The van der Waals surface area contributed by atoms with Crippen molar-refractivity contribution in [1.29, 1.82) is 0 Å². The molecule has 77 heavy (non-hydrogen) atoms. The van der Waals surface area contributed by atoms with Crippen molar-refractivity contribution < 1.29 is 115 Å². The maximum absolute atomic E-state index is 13.3. The molecule has 0 spiro atoms. The van der Waals surface area contributed by atoms with Gasteiger partial charge in [-0.25, -0.2) is 4.18 Å². The Balaban J connectivity index is 1.47. The summed E-state index contributed by atoms with van der Waals surface area (Å²) < 4.78 is 77.9. The van der Waals surface area contributed by atoms with E-state index in [0.29, 0.717) is 6.42 Å². The first-order valence-corrected chi connectivity index (χ1v) is 27.8. The van der Waals surface area contributed by atoms with Gasteiger partial charge < -0.3 is 100 Å². The highest BCUT2D eigenvalue weighted by Gasteiger charge is 2.56. The van der Waals surface area contributed by atoms with Crippen LogP contribution in [-0.2, 0) is 66.9 Å². The number of allylic oxidation sites excluding steroid dienone is 2. The Morgan fingerprint density at radius 2 is 0.883 bits per heavy atom. The number of hydrogen-bond donors (Lipinski definition) is 14. The predicted octanol–water partition coefficient (Wildman–Crippen LogP) is -3.33. The van der Waals surface area contributed by atoms with Crippen LogP contribution in [0.25, 0.3) is 0 Å². The van der Waals surface area contributed by atoms with Crippen molar-refractivity contribution in [3.8, 4) is 0 Å². The highest BCUT2D eigenvalue weighted by Crippen LogP contribution is 2.35. The zero-order valence-electron chi connectivity index (χ0n) is 44.0. The van der Waals surface area contributed by atoms with E-state index in [2.05, 4.69) is 44.5 Å². The number of carbonyl (C=O) groups is 4. The lowest BCUT2D eigenvalue weighted by atomic mass is 9.93. The van der Waals surface area contributed by atoms with E-state index in [-0.39, 0.29) is 6.42 Å². The topological polar surface area (TPSA) is 427 Å². The van der Waals surface area contributed by atoms with Crippen LogP contribution in [0.1, 0.15) is 118 Å². The van der Waals surface area contributed by atoms with Gasteiger partial charge in [-0.05, 0) is 32.1 Å². The van der Waals surface area contributed by atoms with Crippen molar-refractivity contribution in [3.05, 3.63) is 12.2 Å². The molecule has 14 N–H and O–H groups in total. The molecule has 5 unspecified atom stereocenters. The van der Waals surface area contributed by atoms with E-state index in [1.54, 1.807) is 0 Å². The van der Waals surface area contributed by atoms with E-state index in [9.17, 15) is 78.1 Å². The fourth-order valence-electron chi connectivity index (χ4n) is 9.69. The third-order valence-corrected chi connectivity index (χ3v) is 14.1. The fraction of sp³-hybridized carbons (Fsp3) is 0.875. The molecule has 0 aromatic rings. The molecule has 4 fully saturated rings. The summed E-state index contributed by atoms with van der Waals surface area (Å²) in [5, 5.41) is 109. The number of rotatable bonds is 31. The van der Waals surface area contributed by atoms with Crippen LogP contribution in [0.5, 0.6) is 0 Å². The minimum absolute atomic E-state index is 0.0274. The van der Waals surface area contributed by atoms with Crippen LogP contribution in [0.4, 0.5) is 0 Å². The van der Waals surface area contributed by atoms with Crippen LogP contribution < -0.4 is 21.3 Å². The van der Waals surface area contributed by atoms with Gasteiger partial charge in [0.25, 0.3) is 0 Å². The number of unbranched alkanes of at least 4 members (excludes halogenated alkanes) is 11. The summed E-state index contributed by atoms with van der Waals surface area (Å²) in [6.07, 6.45) is -10.8. The van der Waals surface area contributed by atoms with Crippen LogP contribution in [0.3, 0.4) is 0 Å². The quantitative estimate of drug-likeness (QED) is 0.0183. The minimum atomic E-state index is -5.15. The molecule has 4 aliphatic rings. The smallest absolute Gasteiger partial charge is 0.394 e. The predicted molar refractivity (Wildman–Crippen MR) is 264 cm³/mol.